The van der Waals surface area contributed by atoms with Crippen molar-refractivity contribution in [3.8, 4) is 0 Å². The number of fused-ring (bicyclic) bond motifs is 1. The Morgan fingerprint density at radius 1 is 1.32 bits per heavy atom. The molecule has 1 heterocycles. The first-order valence-electron chi connectivity index (χ1n) is 5.61. The minimum atomic E-state index is -3.96. The molecular formula is C12H13BrClNO3S. The third-order valence-electron chi connectivity index (χ3n) is 3.01. The predicted octanol–water partition coefficient (Wildman–Crippen LogP) is 3.13. The van der Waals surface area contributed by atoms with Crippen LogP contribution in [0.4, 0.5) is 0 Å². The summed E-state index contributed by atoms with van der Waals surface area (Å²) in [6, 6.07) is 3.12. The van der Waals surface area contributed by atoms with Gasteiger partial charge in [0, 0.05) is 27.2 Å². The Kier molecular flexibility index (Phi) is 3.48. The van der Waals surface area contributed by atoms with Crippen LogP contribution < -0.4 is 0 Å². The molecule has 1 aromatic carbocycles. The van der Waals surface area contributed by atoms with Crippen LogP contribution in [0.25, 0.3) is 0 Å². The van der Waals surface area contributed by atoms with Crippen LogP contribution in [0.3, 0.4) is 0 Å². The standard InChI is InChI=1S/C12H13BrClNO3S/c1-12(2,3)15-6-7-4-8(13)5-9(19(14,17)18)10(7)11(15)16/h4-5H,6H2,1-3H3. The van der Waals surface area contributed by atoms with Gasteiger partial charge in [-0.05, 0) is 38.5 Å². The van der Waals surface area contributed by atoms with Gasteiger partial charge in [0.2, 0.25) is 0 Å². The summed E-state index contributed by atoms with van der Waals surface area (Å²) in [6.45, 7) is 6.10. The zero-order valence-electron chi connectivity index (χ0n) is 10.7. The van der Waals surface area contributed by atoms with Crippen molar-refractivity contribution in [2.45, 2.75) is 37.8 Å². The highest BCUT2D eigenvalue weighted by molar-refractivity contribution is 9.10. The Bertz CT molecular complexity index is 664. The molecule has 0 bridgehead atoms. The fourth-order valence-corrected chi connectivity index (χ4v) is 3.87. The molecule has 4 nitrogen and oxygen atoms in total. The zero-order valence-corrected chi connectivity index (χ0v) is 13.9. The highest BCUT2D eigenvalue weighted by atomic mass is 79.9. The highest BCUT2D eigenvalue weighted by Gasteiger charge is 2.38. The van der Waals surface area contributed by atoms with Gasteiger partial charge in [0.25, 0.3) is 15.0 Å². The van der Waals surface area contributed by atoms with Gasteiger partial charge in [-0.15, -0.1) is 0 Å². The molecular weight excluding hydrogens is 354 g/mol. The summed E-state index contributed by atoms with van der Waals surface area (Å²) in [5, 5.41) is 0. The van der Waals surface area contributed by atoms with Crippen LogP contribution in [0.1, 0.15) is 36.7 Å². The summed E-state index contributed by atoms with van der Waals surface area (Å²) in [4.78, 5) is 13.9. The van der Waals surface area contributed by atoms with Crippen LogP contribution in [0, 0.1) is 0 Å². The van der Waals surface area contributed by atoms with Crippen molar-refractivity contribution in [2.24, 2.45) is 0 Å². The molecule has 0 saturated heterocycles. The average molecular weight is 367 g/mol. The van der Waals surface area contributed by atoms with Gasteiger partial charge in [0.1, 0.15) is 0 Å². The van der Waals surface area contributed by atoms with Crippen LogP contribution >= 0.6 is 26.6 Å². The van der Waals surface area contributed by atoms with E-state index in [4.69, 9.17) is 10.7 Å². The van der Waals surface area contributed by atoms with E-state index in [2.05, 4.69) is 15.9 Å². The normalized spacial score (nSPS) is 15.8. The molecule has 104 valence electrons. The second-order valence-electron chi connectivity index (χ2n) is 5.44. The number of amides is 1. The average Bonchev–Trinajstić information content (AvgIpc) is 2.52. The zero-order chi connectivity index (χ0) is 14.6. The summed E-state index contributed by atoms with van der Waals surface area (Å²) in [7, 11) is 1.46. The maximum absolute atomic E-state index is 12.4. The molecule has 0 N–H and O–H groups in total. The lowest BCUT2D eigenvalue weighted by molar-refractivity contribution is 0.0607. The maximum Gasteiger partial charge on any atom is 0.262 e. The van der Waals surface area contributed by atoms with Crippen molar-refractivity contribution in [3.63, 3.8) is 0 Å². The first kappa shape index (κ1) is 14.8. The van der Waals surface area contributed by atoms with E-state index in [1.54, 1.807) is 11.0 Å². The number of carbonyl (C=O) groups is 1. The Balaban J connectivity index is 2.68. The molecule has 0 atom stereocenters. The molecule has 1 amide bonds. The number of carbonyl (C=O) groups excluding carboxylic acids is 1. The van der Waals surface area contributed by atoms with Crippen LogP contribution in [-0.2, 0) is 15.6 Å². The van der Waals surface area contributed by atoms with Crippen molar-refractivity contribution < 1.29 is 13.2 Å². The van der Waals surface area contributed by atoms with Crippen molar-refractivity contribution >= 4 is 41.6 Å². The van der Waals surface area contributed by atoms with E-state index in [0.717, 1.165) is 0 Å². The van der Waals surface area contributed by atoms with Crippen molar-refractivity contribution in [2.75, 3.05) is 0 Å². The van der Waals surface area contributed by atoms with Crippen LogP contribution in [0.15, 0.2) is 21.5 Å². The Morgan fingerprint density at radius 2 is 1.89 bits per heavy atom. The van der Waals surface area contributed by atoms with E-state index in [0.29, 0.717) is 16.6 Å². The first-order valence-corrected chi connectivity index (χ1v) is 8.71. The molecule has 1 aliphatic rings. The van der Waals surface area contributed by atoms with E-state index in [-0.39, 0.29) is 21.9 Å². The van der Waals surface area contributed by atoms with Crippen molar-refractivity contribution in [1.29, 1.82) is 0 Å². The predicted molar refractivity (Wildman–Crippen MR) is 76.8 cm³/mol. The summed E-state index contributed by atoms with van der Waals surface area (Å²) >= 11 is 3.25. The van der Waals surface area contributed by atoms with E-state index in [1.165, 1.54) is 6.07 Å². The Morgan fingerprint density at radius 3 is 2.37 bits per heavy atom. The quantitative estimate of drug-likeness (QED) is 0.718. The van der Waals surface area contributed by atoms with Crippen LogP contribution in [-0.4, -0.2) is 24.8 Å². The van der Waals surface area contributed by atoms with Gasteiger partial charge >= 0.3 is 0 Å². The van der Waals surface area contributed by atoms with E-state index in [1.807, 2.05) is 20.8 Å². The smallest absolute Gasteiger partial charge is 0.262 e. The van der Waals surface area contributed by atoms with Gasteiger partial charge in [0.15, 0.2) is 0 Å². The molecule has 19 heavy (non-hydrogen) atoms. The monoisotopic (exact) mass is 365 g/mol. The lowest BCUT2D eigenvalue weighted by atomic mass is 10.1. The van der Waals surface area contributed by atoms with E-state index < -0.39 is 9.05 Å². The van der Waals surface area contributed by atoms with Crippen molar-refractivity contribution in [1.82, 2.24) is 4.90 Å². The van der Waals surface area contributed by atoms with Gasteiger partial charge in [-0.25, -0.2) is 8.42 Å². The summed E-state index contributed by atoms with van der Waals surface area (Å²) in [5.41, 5.74) is 0.484. The second-order valence-corrected chi connectivity index (χ2v) is 8.89. The molecule has 2 rings (SSSR count). The topological polar surface area (TPSA) is 54.5 Å². The number of nitrogens with zero attached hydrogens (tertiary/aromatic N) is 1. The molecule has 0 spiro atoms. The van der Waals surface area contributed by atoms with Gasteiger partial charge < -0.3 is 4.90 Å². The molecule has 0 saturated carbocycles. The first-order chi connectivity index (χ1) is 8.51. The number of rotatable bonds is 1. The van der Waals surface area contributed by atoms with Gasteiger partial charge in [-0.1, -0.05) is 15.9 Å². The van der Waals surface area contributed by atoms with Crippen LogP contribution in [0.5, 0.6) is 0 Å². The van der Waals surface area contributed by atoms with Gasteiger partial charge in [-0.2, -0.15) is 0 Å². The molecule has 1 aromatic rings. The summed E-state index contributed by atoms with van der Waals surface area (Å²) in [5.74, 6) is -0.297. The highest BCUT2D eigenvalue weighted by Crippen LogP contribution is 2.36. The minimum Gasteiger partial charge on any atom is -0.329 e. The third-order valence-corrected chi connectivity index (χ3v) is 4.81. The molecule has 0 aromatic heterocycles. The molecule has 0 fully saturated rings. The third kappa shape index (κ3) is 2.66. The lowest BCUT2D eigenvalue weighted by Crippen LogP contribution is -2.41. The molecule has 0 aliphatic carbocycles. The molecule has 0 unspecified atom stereocenters. The Hall–Kier alpha value is -0.590. The fourth-order valence-electron chi connectivity index (χ4n) is 2.11. The number of benzene rings is 1. The molecule has 7 heteroatoms. The Labute approximate surface area is 125 Å². The van der Waals surface area contributed by atoms with E-state index >= 15 is 0 Å². The SMILES string of the molecule is CC(C)(C)N1Cc2cc(Br)cc(S(=O)(=O)Cl)c2C1=O. The fraction of sp³-hybridized carbons (Fsp3) is 0.417. The minimum absolute atomic E-state index is 0.129. The van der Waals surface area contributed by atoms with Gasteiger partial charge in [-0.3, -0.25) is 4.79 Å². The van der Waals surface area contributed by atoms with E-state index in [9.17, 15) is 13.2 Å². The number of hydrogen-bond acceptors (Lipinski definition) is 3. The largest absolute Gasteiger partial charge is 0.329 e. The lowest BCUT2D eigenvalue weighted by Gasteiger charge is -2.31. The summed E-state index contributed by atoms with van der Waals surface area (Å²) in [6.07, 6.45) is 0. The summed E-state index contributed by atoms with van der Waals surface area (Å²) < 4.78 is 23.8. The maximum atomic E-state index is 12.4. The van der Waals surface area contributed by atoms with Crippen LogP contribution in [0.2, 0.25) is 0 Å². The number of hydrogen-bond donors (Lipinski definition) is 0. The van der Waals surface area contributed by atoms with Crippen molar-refractivity contribution in [3.05, 3.63) is 27.7 Å². The molecule has 0 radical (unpaired) electrons. The molecule has 1 aliphatic heterocycles. The van der Waals surface area contributed by atoms with Gasteiger partial charge in [0.05, 0.1) is 10.5 Å². The number of halogens is 2. The second kappa shape index (κ2) is 4.46.